The minimum absolute atomic E-state index is 0.170. The molecule has 2 atom stereocenters. The van der Waals surface area contributed by atoms with Gasteiger partial charge in [0.1, 0.15) is 11.5 Å². The second-order valence-corrected chi connectivity index (χ2v) is 10.1. The number of rotatable bonds is 6. The van der Waals surface area contributed by atoms with Crippen LogP contribution in [0, 0.1) is 13.8 Å². The van der Waals surface area contributed by atoms with E-state index in [0.717, 1.165) is 45.5 Å². The van der Waals surface area contributed by atoms with E-state index in [4.69, 9.17) is 26.7 Å². The number of pyridine rings is 1. The van der Waals surface area contributed by atoms with Crippen molar-refractivity contribution in [1.29, 1.82) is 0 Å². The molecule has 196 valence electrons. The fourth-order valence-corrected chi connectivity index (χ4v) is 6.12. The van der Waals surface area contributed by atoms with Gasteiger partial charge in [-0.25, -0.2) is 0 Å². The Hall–Kier alpha value is -4.36. The van der Waals surface area contributed by atoms with Crippen molar-refractivity contribution < 1.29 is 9.47 Å². The summed E-state index contributed by atoms with van der Waals surface area (Å²) in [7, 11) is 3.34. The first-order valence-electron chi connectivity index (χ1n) is 12.9. The third kappa shape index (κ3) is 4.19. The molecule has 1 fully saturated rings. The Morgan fingerprint density at radius 1 is 0.846 bits per heavy atom. The van der Waals surface area contributed by atoms with Crippen LogP contribution < -0.4 is 19.7 Å². The number of aromatic nitrogens is 2. The number of hydrogen-bond acceptors (Lipinski definition) is 4. The molecule has 0 saturated carbocycles. The van der Waals surface area contributed by atoms with Gasteiger partial charge in [0.2, 0.25) is 0 Å². The third-order valence-electron chi connectivity index (χ3n) is 7.54. The average molecular weight is 535 g/mol. The molecule has 1 N–H and O–H groups in total. The minimum atomic E-state index is -0.177. The molecular weight excluding hydrogens is 504 g/mol. The zero-order valence-corrected chi connectivity index (χ0v) is 23.2. The van der Waals surface area contributed by atoms with Crippen molar-refractivity contribution in [3.8, 4) is 17.2 Å². The Morgan fingerprint density at radius 3 is 2.41 bits per heavy atom. The molecule has 0 unspecified atom stereocenters. The Morgan fingerprint density at radius 2 is 1.64 bits per heavy atom. The average Bonchev–Trinajstić information content (AvgIpc) is 3.47. The molecule has 0 bridgehead atoms. The molecule has 7 heteroatoms. The molecule has 0 radical (unpaired) electrons. The normalized spacial score (nSPS) is 16.9. The van der Waals surface area contributed by atoms with Crippen LogP contribution in [0.15, 0.2) is 91.1 Å². The molecule has 3 aromatic carbocycles. The fraction of sp³-hybridized carbons (Fsp3) is 0.188. The Bertz CT molecular complexity index is 1680. The minimum Gasteiger partial charge on any atom is -0.497 e. The molecule has 0 amide bonds. The predicted molar refractivity (Wildman–Crippen MR) is 160 cm³/mol. The molecule has 1 aliphatic rings. The van der Waals surface area contributed by atoms with Gasteiger partial charge < -0.3 is 24.3 Å². The van der Waals surface area contributed by atoms with Gasteiger partial charge >= 0.3 is 0 Å². The second kappa shape index (κ2) is 10.1. The van der Waals surface area contributed by atoms with Gasteiger partial charge in [0.15, 0.2) is 5.11 Å². The van der Waals surface area contributed by atoms with Crippen LogP contribution in [0.4, 0.5) is 5.69 Å². The number of thiocarbonyl (C=S) groups is 1. The van der Waals surface area contributed by atoms with Gasteiger partial charge in [-0.2, -0.15) is 0 Å². The standard InChI is InChI=1S/C32H30N4O2S/c1-20-18-25(21(2)35(20)27-14-9-11-22-10-5-6-12-24(22)27)31-30(26-13-7-8-17-33-26)34-32(39)36(31)28-19-23(37-3)15-16-29(28)38-4/h5-19,30-31H,1-4H3,(H,34,39)/t30-,31+/m1/s1. The molecule has 39 heavy (non-hydrogen) atoms. The summed E-state index contributed by atoms with van der Waals surface area (Å²) in [5, 5.41) is 6.60. The Labute approximate surface area is 233 Å². The van der Waals surface area contributed by atoms with Crippen molar-refractivity contribution in [3.63, 3.8) is 0 Å². The van der Waals surface area contributed by atoms with Crippen LogP contribution in [0.3, 0.4) is 0 Å². The monoisotopic (exact) mass is 534 g/mol. The van der Waals surface area contributed by atoms with Gasteiger partial charge in [-0.15, -0.1) is 0 Å². The maximum absolute atomic E-state index is 5.99. The summed E-state index contributed by atoms with van der Waals surface area (Å²) < 4.78 is 13.7. The van der Waals surface area contributed by atoms with Gasteiger partial charge in [-0.05, 0) is 73.4 Å². The number of fused-ring (bicyclic) bond motifs is 1. The zero-order chi connectivity index (χ0) is 27.1. The second-order valence-electron chi connectivity index (χ2n) is 9.69. The lowest BCUT2D eigenvalue weighted by atomic mass is 9.96. The molecule has 1 aliphatic heterocycles. The summed E-state index contributed by atoms with van der Waals surface area (Å²) >= 11 is 5.99. The van der Waals surface area contributed by atoms with E-state index >= 15 is 0 Å². The van der Waals surface area contributed by atoms with Crippen LogP contribution in [-0.2, 0) is 0 Å². The van der Waals surface area contributed by atoms with Crippen molar-refractivity contribution in [2.45, 2.75) is 25.9 Å². The lowest BCUT2D eigenvalue weighted by Crippen LogP contribution is -2.30. The first-order valence-corrected chi connectivity index (χ1v) is 13.3. The van der Waals surface area contributed by atoms with E-state index in [1.165, 1.54) is 10.8 Å². The fourth-order valence-electron chi connectivity index (χ4n) is 5.78. The smallest absolute Gasteiger partial charge is 0.174 e. The summed E-state index contributed by atoms with van der Waals surface area (Å²) in [6.07, 6.45) is 1.82. The van der Waals surface area contributed by atoms with Crippen molar-refractivity contribution in [3.05, 3.63) is 114 Å². The van der Waals surface area contributed by atoms with Gasteiger partial charge in [-0.3, -0.25) is 4.98 Å². The van der Waals surface area contributed by atoms with Crippen molar-refractivity contribution >= 4 is 33.8 Å². The third-order valence-corrected chi connectivity index (χ3v) is 7.85. The predicted octanol–water partition coefficient (Wildman–Crippen LogP) is 6.84. The van der Waals surface area contributed by atoms with Gasteiger partial charge in [-0.1, -0.05) is 42.5 Å². The molecule has 3 heterocycles. The Balaban J connectivity index is 1.57. The van der Waals surface area contributed by atoms with E-state index in [-0.39, 0.29) is 12.1 Å². The first kappa shape index (κ1) is 24.9. The molecule has 1 saturated heterocycles. The van der Waals surface area contributed by atoms with Gasteiger partial charge in [0.25, 0.3) is 0 Å². The van der Waals surface area contributed by atoms with Crippen LogP contribution in [0.5, 0.6) is 11.5 Å². The lowest BCUT2D eigenvalue weighted by Gasteiger charge is -2.29. The van der Waals surface area contributed by atoms with Gasteiger partial charge in [0.05, 0.1) is 43.4 Å². The highest BCUT2D eigenvalue weighted by molar-refractivity contribution is 7.80. The Kier molecular flexibility index (Phi) is 6.45. The number of hydrogen-bond donors (Lipinski definition) is 1. The van der Waals surface area contributed by atoms with E-state index < -0.39 is 0 Å². The number of aryl methyl sites for hydroxylation is 1. The highest BCUT2D eigenvalue weighted by Gasteiger charge is 2.43. The number of nitrogens with zero attached hydrogens (tertiary/aromatic N) is 3. The molecule has 6 nitrogen and oxygen atoms in total. The zero-order valence-electron chi connectivity index (χ0n) is 22.4. The van der Waals surface area contributed by atoms with Crippen molar-refractivity contribution in [2.24, 2.45) is 0 Å². The molecule has 5 aromatic rings. The van der Waals surface area contributed by atoms with Crippen molar-refractivity contribution in [2.75, 3.05) is 19.1 Å². The summed E-state index contributed by atoms with van der Waals surface area (Å²) in [5.41, 5.74) is 6.37. The van der Waals surface area contributed by atoms with Crippen LogP contribution in [-0.4, -0.2) is 28.9 Å². The SMILES string of the molecule is COc1ccc(OC)c(N2C(=S)N[C@H](c3ccccn3)[C@@H]2c2cc(C)n(-c3cccc4ccccc34)c2C)c1. The topological polar surface area (TPSA) is 51.6 Å². The summed E-state index contributed by atoms with van der Waals surface area (Å²) in [6.45, 7) is 4.34. The molecule has 0 aliphatic carbocycles. The lowest BCUT2D eigenvalue weighted by molar-refractivity contribution is 0.403. The quantitative estimate of drug-likeness (QED) is 0.241. The van der Waals surface area contributed by atoms with Crippen LogP contribution in [0.2, 0.25) is 0 Å². The number of nitrogens with one attached hydrogen (secondary N) is 1. The number of ether oxygens (including phenoxy) is 2. The van der Waals surface area contributed by atoms with E-state index in [9.17, 15) is 0 Å². The van der Waals surface area contributed by atoms with E-state index in [2.05, 4.69) is 77.2 Å². The number of methoxy groups -OCH3 is 2. The van der Waals surface area contributed by atoms with E-state index in [0.29, 0.717) is 5.11 Å². The van der Waals surface area contributed by atoms with Crippen LogP contribution in [0.1, 0.15) is 34.7 Å². The van der Waals surface area contributed by atoms with Crippen LogP contribution >= 0.6 is 12.2 Å². The van der Waals surface area contributed by atoms with E-state index in [1.807, 2.05) is 42.6 Å². The summed E-state index contributed by atoms with van der Waals surface area (Å²) in [6, 6.07) is 28.7. The number of benzene rings is 3. The largest absolute Gasteiger partial charge is 0.497 e. The van der Waals surface area contributed by atoms with Crippen molar-refractivity contribution in [1.82, 2.24) is 14.9 Å². The molecular formula is C32H30N4O2S. The highest BCUT2D eigenvalue weighted by atomic mass is 32.1. The number of anilines is 1. The first-order chi connectivity index (χ1) is 19.0. The molecule has 0 spiro atoms. The van der Waals surface area contributed by atoms with Crippen LogP contribution in [0.25, 0.3) is 16.5 Å². The maximum Gasteiger partial charge on any atom is 0.174 e. The van der Waals surface area contributed by atoms with Gasteiger partial charge in [0, 0.05) is 29.0 Å². The van der Waals surface area contributed by atoms with E-state index in [1.54, 1.807) is 14.2 Å². The summed E-state index contributed by atoms with van der Waals surface area (Å²) in [4.78, 5) is 6.87. The molecule has 2 aromatic heterocycles. The summed E-state index contributed by atoms with van der Waals surface area (Å²) in [5.74, 6) is 1.45. The maximum atomic E-state index is 5.99. The molecule has 6 rings (SSSR count). The highest BCUT2D eigenvalue weighted by Crippen LogP contribution is 2.47.